The third-order valence-corrected chi connectivity index (χ3v) is 13.8. The van der Waals surface area contributed by atoms with Crippen LogP contribution in [-0.2, 0) is 5.41 Å². The Hall–Kier alpha value is -6.87. The van der Waals surface area contributed by atoms with Gasteiger partial charge in [-0.3, -0.25) is 4.98 Å². The summed E-state index contributed by atoms with van der Waals surface area (Å²) < 4.78 is 2.66. The highest BCUT2D eigenvalue weighted by molar-refractivity contribution is 7.25. The molecule has 2 heteroatoms. The molecule has 1 unspecified atom stereocenters. The Bertz CT molecular complexity index is 3480. The molecule has 0 radical (unpaired) electrons. The molecule has 9 aromatic carbocycles. The first-order chi connectivity index (χ1) is 27.8. The zero-order valence-corrected chi connectivity index (χ0v) is 31.1. The molecule has 11 aromatic rings. The normalized spacial score (nSPS) is 15.2. The van der Waals surface area contributed by atoms with Crippen LogP contribution in [0.5, 0.6) is 0 Å². The number of benzene rings is 9. The number of hydrogen-bond donors (Lipinski definition) is 0. The Morgan fingerprint density at radius 3 is 1.73 bits per heavy atom. The van der Waals surface area contributed by atoms with Crippen molar-refractivity contribution >= 4 is 63.8 Å². The summed E-state index contributed by atoms with van der Waals surface area (Å²) in [7, 11) is 0. The van der Waals surface area contributed by atoms with Gasteiger partial charge in [0.1, 0.15) is 0 Å². The van der Waals surface area contributed by atoms with Crippen molar-refractivity contribution in [2.24, 2.45) is 0 Å². The fraction of sp³-hybridized carbons (Fsp3) is 0.0185. The summed E-state index contributed by atoms with van der Waals surface area (Å²) in [5, 5.41) is 10.3. The van der Waals surface area contributed by atoms with Crippen LogP contribution in [0.25, 0.3) is 97.1 Å². The molecule has 0 fully saturated rings. The minimum atomic E-state index is -0.498. The molecule has 0 saturated heterocycles. The molecule has 2 heterocycles. The third kappa shape index (κ3) is 3.86. The monoisotopic (exact) mass is 725 g/mol. The van der Waals surface area contributed by atoms with E-state index < -0.39 is 5.41 Å². The molecule has 0 N–H and O–H groups in total. The van der Waals surface area contributed by atoms with E-state index in [0.717, 1.165) is 5.69 Å². The third-order valence-electron chi connectivity index (χ3n) is 12.7. The number of thiophene rings is 1. The molecule has 0 aliphatic heterocycles. The first-order valence-electron chi connectivity index (χ1n) is 19.4. The van der Waals surface area contributed by atoms with Gasteiger partial charge in [0.05, 0.1) is 11.1 Å². The van der Waals surface area contributed by atoms with Crippen molar-refractivity contribution in [1.29, 1.82) is 0 Å². The fourth-order valence-electron chi connectivity index (χ4n) is 10.4. The average Bonchev–Trinajstić information content (AvgIpc) is 3.88. The van der Waals surface area contributed by atoms with E-state index in [-0.39, 0.29) is 0 Å². The first kappa shape index (κ1) is 30.5. The lowest BCUT2D eigenvalue weighted by Gasteiger charge is -2.30. The minimum Gasteiger partial charge on any atom is -0.256 e. The number of hydrogen-bond acceptors (Lipinski definition) is 2. The van der Waals surface area contributed by atoms with Gasteiger partial charge in [0.25, 0.3) is 0 Å². The molecule has 1 nitrogen and oxygen atoms in total. The number of nitrogens with zero attached hydrogens (tertiary/aromatic N) is 1. The van der Waals surface area contributed by atoms with E-state index in [1.165, 1.54) is 114 Å². The lowest BCUT2D eigenvalue weighted by atomic mass is 9.70. The van der Waals surface area contributed by atoms with Crippen molar-refractivity contribution in [1.82, 2.24) is 4.98 Å². The first-order valence-corrected chi connectivity index (χ1v) is 20.2. The van der Waals surface area contributed by atoms with Gasteiger partial charge >= 0.3 is 0 Å². The molecule has 56 heavy (non-hydrogen) atoms. The van der Waals surface area contributed by atoms with E-state index in [0.29, 0.717) is 0 Å². The summed E-state index contributed by atoms with van der Waals surface area (Å²) in [4.78, 5) is 5.13. The summed E-state index contributed by atoms with van der Waals surface area (Å²) in [6, 6.07) is 68.2. The van der Waals surface area contributed by atoms with Gasteiger partial charge in [-0.1, -0.05) is 140 Å². The Morgan fingerprint density at radius 2 is 0.946 bits per heavy atom. The van der Waals surface area contributed by atoms with E-state index in [4.69, 9.17) is 4.98 Å². The zero-order valence-electron chi connectivity index (χ0n) is 30.3. The number of rotatable bonds is 2. The van der Waals surface area contributed by atoms with Gasteiger partial charge in [0.15, 0.2) is 0 Å². The van der Waals surface area contributed by atoms with E-state index in [2.05, 4.69) is 182 Å². The average molecular weight is 726 g/mol. The molecule has 2 aromatic heterocycles. The van der Waals surface area contributed by atoms with E-state index in [1.807, 2.05) is 17.5 Å². The second-order valence-electron chi connectivity index (χ2n) is 15.3. The van der Waals surface area contributed by atoms with Crippen LogP contribution in [0.3, 0.4) is 0 Å². The number of aromatic nitrogens is 1. The maximum absolute atomic E-state index is 5.13. The number of fused-ring (bicyclic) bond motifs is 18. The van der Waals surface area contributed by atoms with Crippen LogP contribution < -0.4 is 0 Å². The highest BCUT2D eigenvalue weighted by Crippen LogP contribution is 2.63. The lowest BCUT2D eigenvalue weighted by Crippen LogP contribution is -2.26. The van der Waals surface area contributed by atoms with Crippen molar-refractivity contribution < 1.29 is 0 Å². The van der Waals surface area contributed by atoms with Crippen LogP contribution in [-0.4, -0.2) is 4.98 Å². The van der Waals surface area contributed by atoms with Crippen LogP contribution in [0, 0.1) is 0 Å². The van der Waals surface area contributed by atoms with Crippen LogP contribution in [0.4, 0.5) is 0 Å². The maximum Gasteiger partial charge on any atom is 0.0753 e. The van der Waals surface area contributed by atoms with Gasteiger partial charge in [-0.15, -0.1) is 11.3 Å². The molecule has 2 aliphatic rings. The van der Waals surface area contributed by atoms with Crippen molar-refractivity contribution in [3.8, 4) is 44.6 Å². The summed E-state index contributed by atoms with van der Waals surface area (Å²) in [6.07, 6.45) is 1.96. The fourth-order valence-corrected chi connectivity index (χ4v) is 11.5. The summed E-state index contributed by atoms with van der Waals surface area (Å²) in [5.74, 6) is 0. The predicted octanol–water partition coefficient (Wildman–Crippen LogP) is 14.6. The molecule has 0 saturated carbocycles. The molecular weight excluding hydrogens is 695 g/mol. The van der Waals surface area contributed by atoms with Crippen LogP contribution in [0.15, 0.2) is 188 Å². The molecule has 2 aliphatic carbocycles. The maximum atomic E-state index is 5.13. The van der Waals surface area contributed by atoms with Crippen molar-refractivity contribution in [2.45, 2.75) is 5.41 Å². The molecular formula is C54H31NS. The van der Waals surface area contributed by atoms with Gasteiger partial charge in [-0.25, -0.2) is 0 Å². The Labute approximate surface area is 327 Å². The quantitative estimate of drug-likeness (QED) is 0.162. The Morgan fingerprint density at radius 1 is 0.321 bits per heavy atom. The molecule has 1 atom stereocenters. The summed E-state index contributed by atoms with van der Waals surface area (Å²) in [5.41, 5.74) is 14.7. The second kappa shape index (κ2) is 11.1. The summed E-state index contributed by atoms with van der Waals surface area (Å²) in [6.45, 7) is 0. The van der Waals surface area contributed by atoms with Gasteiger partial charge < -0.3 is 0 Å². The number of pyridine rings is 1. The van der Waals surface area contributed by atoms with E-state index in [9.17, 15) is 0 Å². The predicted molar refractivity (Wildman–Crippen MR) is 237 cm³/mol. The van der Waals surface area contributed by atoms with Crippen molar-refractivity contribution in [3.63, 3.8) is 0 Å². The summed E-state index contributed by atoms with van der Waals surface area (Å²) >= 11 is 1.89. The topological polar surface area (TPSA) is 12.9 Å². The Balaban J connectivity index is 1.13. The standard InChI is InChI=1S/C54H31NS/c1-2-13-32(14-3-1)41-28-43-37-18-7-5-16-35(37)42(29-44(43)36-17-6-4-15-34(36)41)33-24-25-40-49(27-33)54(48-22-12-26-55-53(40)48)47-21-10-8-19-38(47)45-31-52-46(30-50(45)54)39-20-9-11-23-51(39)56-52/h1-31H. The molecule has 0 bridgehead atoms. The lowest BCUT2D eigenvalue weighted by molar-refractivity contribution is 0.793. The molecule has 0 amide bonds. The smallest absolute Gasteiger partial charge is 0.0753 e. The minimum absolute atomic E-state index is 0.498. The highest BCUT2D eigenvalue weighted by Gasteiger charge is 2.52. The SMILES string of the molecule is c1ccc(-c2cc3c4ccccc4c(-c4ccc5c(c4)C4(c6ccccc6-c6cc7sc8ccccc8c7cc64)c4cccnc4-5)cc3c3ccccc23)cc1. The largest absolute Gasteiger partial charge is 0.256 e. The van der Waals surface area contributed by atoms with Crippen LogP contribution in [0.1, 0.15) is 22.3 Å². The van der Waals surface area contributed by atoms with E-state index in [1.54, 1.807) is 0 Å². The van der Waals surface area contributed by atoms with Gasteiger partial charge in [-0.05, 0) is 130 Å². The van der Waals surface area contributed by atoms with Gasteiger partial charge in [0.2, 0.25) is 0 Å². The van der Waals surface area contributed by atoms with Gasteiger partial charge in [-0.2, -0.15) is 0 Å². The Kier molecular flexibility index (Phi) is 6.04. The van der Waals surface area contributed by atoms with Crippen LogP contribution in [0.2, 0.25) is 0 Å². The van der Waals surface area contributed by atoms with E-state index >= 15 is 0 Å². The second-order valence-corrected chi connectivity index (χ2v) is 16.4. The highest BCUT2D eigenvalue weighted by atomic mass is 32.1. The molecule has 1 spiro atoms. The van der Waals surface area contributed by atoms with Crippen molar-refractivity contribution in [2.75, 3.05) is 0 Å². The van der Waals surface area contributed by atoms with Crippen molar-refractivity contribution in [3.05, 3.63) is 210 Å². The molecule has 13 rings (SSSR count). The van der Waals surface area contributed by atoms with Gasteiger partial charge in [0, 0.05) is 31.9 Å². The molecule has 258 valence electrons. The zero-order chi connectivity index (χ0) is 36.5. The van der Waals surface area contributed by atoms with Crippen LogP contribution >= 0.6 is 11.3 Å².